The van der Waals surface area contributed by atoms with Crippen LogP contribution < -0.4 is 0 Å². The lowest BCUT2D eigenvalue weighted by Crippen LogP contribution is -2.08. The quantitative estimate of drug-likeness (QED) is 0.834. The first-order valence-electron chi connectivity index (χ1n) is 5.66. The third-order valence-corrected chi connectivity index (χ3v) is 3.72. The maximum absolute atomic E-state index is 13.5. The van der Waals surface area contributed by atoms with Gasteiger partial charge in [-0.05, 0) is 30.3 Å². The molecular weight excluding hydrogens is 308 g/mol. The molecule has 0 saturated carbocycles. The van der Waals surface area contributed by atoms with E-state index in [-0.39, 0.29) is 9.79 Å². The zero-order valence-corrected chi connectivity index (χ0v) is 11.1. The number of alkyl halides is 3. The average Bonchev–Trinajstić information content (AvgIpc) is 2.40. The number of hydrogen-bond donors (Lipinski definition) is 1. The van der Waals surface area contributed by atoms with Crippen LogP contribution in [0, 0.1) is 5.82 Å². The second-order valence-corrected chi connectivity index (χ2v) is 5.13. The molecule has 0 spiro atoms. The Hall–Kier alpha value is -2.02. The largest absolute Gasteiger partial charge is 0.478 e. The lowest BCUT2D eigenvalue weighted by atomic mass is 10.1. The number of rotatable bonds is 3. The molecule has 21 heavy (non-hydrogen) atoms. The van der Waals surface area contributed by atoms with Gasteiger partial charge in [-0.25, -0.2) is 9.18 Å². The molecule has 2 nitrogen and oxygen atoms in total. The van der Waals surface area contributed by atoms with Crippen LogP contribution in [0.3, 0.4) is 0 Å². The molecule has 2 aromatic rings. The molecule has 0 aliphatic rings. The highest BCUT2D eigenvalue weighted by Gasteiger charge is 2.32. The summed E-state index contributed by atoms with van der Waals surface area (Å²) in [6, 6.07) is 7.97. The summed E-state index contributed by atoms with van der Waals surface area (Å²) in [7, 11) is 0. The Morgan fingerprint density at radius 2 is 1.71 bits per heavy atom. The van der Waals surface area contributed by atoms with Gasteiger partial charge in [-0.2, -0.15) is 13.2 Å². The van der Waals surface area contributed by atoms with E-state index in [0.29, 0.717) is 6.07 Å². The fourth-order valence-corrected chi connectivity index (χ4v) is 2.55. The first-order chi connectivity index (χ1) is 9.79. The van der Waals surface area contributed by atoms with Gasteiger partial charge in [0.1, 0.15) is 5.82 Å². The van der Waals surface area contributed by atoms with Crippen LogP contribution in [0.2, 0.25) is 0 Å². The molecule has 2 rings (SSSR count). The van der Waals surface area contributed by atoms with Gasteiger partial charge in [0, 0.05) is 9.79 Å². The summed E-state index contributed by atoms with van der Waals surface area (Å²) >= 11 is 0.765. The summed E-state index contributed by atoms with van der Waals surface area (Å²) in [5.74, 6) is -2.07. The van der Waals surface area contributed by atoms with E-state index in [0.717, 1.165) is 23.9 Å². The summed E-state index contributed by atoms with van der Waals surface area (Å²) in [6.07, 6.45) is -4.63. The van der Waals surface area contributed by atoms with E-state index < -0.39 is 29.1 Å². The highest BCUT2D eigenvalue weighted by Crippen LogP contribution is 2.36. The van der Waals surface area contributed by atoms with Gasteiger partial charge in [0.2, 0.25) is 0 Å². The number of carbonyl (C=O) groups is 1. The Labute approximate surface area is 121 Å². The standard InChI is InChI=1S/C14H8F4O2S/c15-10-3-1-2-4-12(10)21-11-6-5-8(14(16,17)18)7-9(11)13(19)20/h1-7H,(H,19,20). The summed E-state index contributed by atoms with van der Waals surface area (Å²) < 4.78 is 51.3. The second kappa shape index (κ2) is 5.77. The Balaban J connectivity index is 2.45. The van der Waals surface area contributed by atoms with Gasteiger partial charge in [0.25, 0.3) is 0 Å². The van der Waals surface area contributed by atoms with E-state index >= 15 is 0 Å². The number of benzene rings is 2. The van der Waals surface area contributed by atoms with E-state index in [2.05, 4.69) is 0 Å². The third kappa shape index (κ3) is 3.55. The van der Waals surface area contributed by atoms with Crippen LogP contribution in [0.4, 0.5) is 17.6 Å². The molecule has 0 bridgehead atoms. The second-order valence-electron chi connectivity index (χ2n) is 4.05. The van der Waals surface area contributed by atoms with Crippen molar-refractivity contribution in [3.63, 3.8) is 0 Å². The number of aromatic carboxylic acids is 1. The minimum Gasteiger partial charge on any atom is -0.478 e. The van der Waals surface area contributed by atoms with Crippen LogP contribution in [0.25, 0.3) is 0 Å². The normalized spacial score (nSPS) is 11.4. The molecule has 0 aromatic heterocycles. The molecule has 1 N–H and O–H groups in total. The van der Waals surface area contributed by atoms with Crippen LogP contribution in [0.5, 0.6) is 0 Å². The van der Waals surface area contributed by atoms with Crippen molar-refractivity contribution < 1.29 is 27.5 Å². The van der Waals surface area contributed by atoms with Crippen molar-refractivity contribution in [1.29, 1.82) is 0 Å². The molecule has 0 heterocycles. The summed E-state index contributed by atoms with van der Waals surface area (Å²) in [5, 5.41) is 9.03. The van der Waals surface area contributed by atoms with Crippen molar-refractivity contribution in [2.45, 2.75) is 16.0 Å². The minimum absolute atomic E-state index is 0.0422. The van der Waals surface area contributed by atoms with E-state index in [9.17, 15) is 22.4 Å². The zero-order chi connectivity index (χ0) is 15.6. The fraction of sp³-hybridized carbons (Fsp3) is 0.0714. The van der Waals surface area contributed by atoms with E-state index in [1.54, 1.807) is 6.07 Å². The molecular formula is C14H8F4O2S. The topological polar surface area (TPSA) is 37.3 Å². The van der Waals surface area contributed by atoms with Crippen molar-refractivity contribution >= 4 is 17.7 Å². The van der Waals surface area contributed by atoms with Gasteiger partial charge in [-0.3, -0.25) is 0 Å². The lowest BCUT2D eigenvalue weighted by Gasteiger charge is -2.11. The Morgan fingerprint density at radius 1 is 1.05 bits per heavy atom. The predicted molar refractivity (Wildman–Crippen MR) is 68.9 cm³/mol. The molecule has 110 valence electrons. The monoisotopic (exact) mass is 316 g/mol. The summed E-state index contributed by atoms with van der Waals surface area (Å²) in [5.41, 5.74) is -1.57. The highest BCUT2D eigenvalue weighted by atomic mass is 32.2. The van der Waals surface area contributed by atoms with E-state index in [4.69, 9.17) is 5.11 Å². The first kappa shape index (κ1) is 15.4. The molecule has 0 saturated heterocycles. The van der Waals surface area contributed by atoms with Gasteiger partial charge in [0.15, 0.2) is 0 Å². The Morgan fingerprint density at radius 3 is 2.29 bits per heavy atom. The zero-order valence-electron chi connectivity index (χ0n) is 10.3. The first-order valence-corrected chi connectivity index (χ1v) is 6.47. The number of carboxylic acids is 1. The van der Waals surface area contributed by atoms with E-state index in [1.165, 1.54) is 18.2 Å². The van der Waals surface area contributed by atoms with Crippen LogP contribution in [0.15, 0.2) is 52.3 Å². The minimum atomic E-state index is -4.63. The van der Waals surface area contributed by atoms with Crippen molar-refractivity contribution in [3.05, 3.63) is 59.4 Å². The van der Waals surface area contributed by atoms with Gasteiger partial charge >= 0.3 is 12.1 Å². The maximum atomic E-state index is 13.5. The van der Waals surface area contributed by atoms with Crippen molar-refractivity contribution in [1.82, 2.24) is 0 Å². The van der Waals surface area contributed by atoms with Crippen molar-refractivity contribution in [3.8, 4) is 0 Å². The smallest absolute Gasteiger partial charge is 0.416 e. The lowest BCUT2D eigenvalue weighted by molar-refractivity contribution is -0.137. The third-order valence-electron chi connectivity index (χ3n) is 2.59. The van der Waals surface area contributed by atoms with Crippen LogP contribution in [-0.2, 0) is 6.18 Å². The SMILES string of the molecule is O=C(O)c1cc(C(F)(F)F)ccc1Sc1ccccc1F. The average molecular weight is 316 g/mol. The number of carboxylic acid groups (broad SMARTS) is 1. The Kier molecular flexibility index (Phi) is 4.22. The Bertz CT molecular complexity index is 683. The van der Waals surface area contributed by atoms with Crippen LogP contribution >= 0.6 is 11.8 Å². The highest BCUT2D eigenvalue weighted by molar-refractivity contribution is 7.99. The molecule has 0 amide bonds. The molecule has 7 heteroatoms. The molecule has 0 aliphatic carbocycles. The van der Waals surface area contributed by atoms with Crippen LogP contribution in [0.1, 0.15) is 15.9 Å². The van der Waals surface area contributed by atoms with Gasteiger partial charge < -0.3 is 5.11 Å². The fourth-order valence-electron chi connectivity index (χ4n) is 1.61. The summed E-state index contributed by atoms with van der Waals surface area (Å²) in [6.45, 7) is 0. The van der Waals surface area contributed by atoms with Crippen LogP contribution in [-0.4, -0.2) is 11.1 Å². The van der Waals surface area contributed by atoms with E-state index in [1.807, 2.05) is 0 Å². The molecule has 0 radical (unpaired) electrons. The van der Waals surface area contributed by atoms with Gasteiger partial charge in [-0.15, -0.1) is 0 Å². The van der Waals surface area contributed by atoms with Gasteiger partial charge in [0.05, 0.1) is 11.1 Å². The predicted octanol–water partition coefficient (Wildman–Crippen LogP) is 4.69. The molecule has 0 aliphatic heterocycles. The van der Waals surface area contributed by atoms with Crippen molar-refractivity contribution in [2.24, 2.45) is 0 Å². The molecule has 0 unspecified atom stereocenters. The molecule has 0 fully saturated rings. The number of hydrogen-bond acceptors (Lipinski definition) is 2. The maximum Gasteiger partial charge on any atom is 0.416 e. The summed E-state index contributed by atoms with van der Waals surface area (Å²) in [4.78, 5) is 11.3. The van der Waals surface area contributed by atoms with Gasteiger partial charge in [-0.1, -0.05) is 23.9 Å². The molecule has 2 aromatic carbocycles. The van der Waals surface area contributed by atoms with Crippen molar-refractivity contribution in [2.75, 3.05) is 0 Å². The molecule has 0 atom stereocenters. The number of halogens is 4.